The SMILES string of the molecule is [C-]#[N+]c1cc2c(OCCC)c(c1)Cc1cc([N+]#[C-])cc(c1OCCC)Cc1cc([N+]#[C-])cc(c1OCCC)Cc1cc([N+]#[C-])cc(c1OCCC)C2. The third-order valence-electron chi connectivity index (χ3n) is 8.75. The lowest BCUT2D eigenvalue weighted by Gasteiger charge is -2.24. The number of nitrogens with zero attached hydrogens (tertiary/aromatic N) is 4. The predicted octanol–water partition coefficient (Wildman–Crippen LogP) is 11.7. The van der Waals surface area contributed by atoms with Crippen molar-refractivity contribution in [3.8, 4) is 23.0 Å². The van der Waals surface area contributed by atoms with Gasteiger partial charge in [0.1, 0.15) is 23.0 Å². The summed E-state index contributed by atoms with van der Waals surface area (Å²) in [7, 11) is 0. The van der Waals surface area contributed by atoms with E-state index in [0.717, 1.165) is 70.2 Å². The van der Waals surface area contributed by atoms with Crippen LogP contribution in [0.3, 0.4) is 0 Å². The largest absolute Gasteiger partial charge is 0.493 e. The maximum atomic E-state index is 8.04. The van der Waals surface area contributed by atoms with Gasteiger partial charge in [0.05, 0.1) is 52.7 Å². The van der Waals surface area contributed by atoms with Gasteiger partial charge in [-0.1, -0.05) is 27.7 Å². The molecule has 0 saturated heterocycles. The van der Waals surface area contributed by atoms with E-state index in [1.165, 1.54) is 0 Å². The van der Waals surface area contributed by atoms with Crippen LogP contribution in [0.4, 0.5) is 22.7 Å². The molecule has 8 nitrogen and oxygen atoms in total. The average Bonchev–Trinajstić information content (AvgIpc) is 3.15. The Morgan fingerprint density at radius 2 is 0.538 bits per heavy atom. The van der Waals surface area contributed by atoms with Crippen molar-refractivity contribution in [2.24, 2.45) is 0 Å². The molecule has 4 aromatic rings. The fourth-order valence-electron chi connectivity index (χ4n) is 6.63. The van der Waals surface area contributed by atoms with Crippen LogP contribution in [-0.2, 0) is 25.7 Å². The van der Waals surface area contributed by atoms with Gasteiger partial charge in [-0.2, -0.15) is 0 Å². The molecule has 1 aliphatic carbocycles. The molecule has 264 valence electrons. The minimum absolute atomic E-state index is 0.365. The summed E-state index contributed by atoms with van der Waals surface area (Å²) in [6, 6.07) is 15.0. The van der Waals surface area contributed by atoms with E-state index < -0.39 is 0 Å². The number of hydrogen-bond acceptors (Lipinski definition) is 4. The van der Waals surface area contributed by atoms with Crippen LogP contribution >= 0.6 is 0 Å². The van der Waals surface area contributed by atoms with Crippen molar-refractivity contribution in [1.82, 2.24) is 0 Å². The number of ether oxygens (including phenoxy) is 4. The molecule has 0 unspecified atom stereocenters. The van der Waals surface area contributed by atoms with E-state index in [1.54, 1.807) is 0 Å². The van der Waals surface area contributed by atoms with Crippen molar-refractivity contribution in [3.63, 3.8) is 0 Å². The van der Waals surface area contributed by atoms with Gasteiger partial charge in [0, 0.05) is 25.7 Å². The van der Waals surface area contributed by atoms with E-state index in [-0.39, 0.29) is 0 Å². The molecule has 8 bridgehead atoms. The van der Waals surface area contributed by atoms with Crippen molar-refractivity contribution in [2.75, 3.05) is 26.4 Å². The molecular weight excluding hydrogens is 649 g/mol. The molecule has 0 fully saturated rings. The number of rotatable bonds is 12. The fourth-order valence-corrected chi connectivity index (χ4v) is 6.63. The normalized spacial score (nSPS) is 11.7. The standard InChI is InChI=1S/C44H44N4O4/c1-9-13-49-41-29-17-31-23-38(46-6)25-33(42(31)50-14-10-2)19-35-27-40(48-8)28-36(44(35)52-16-12-4)20-34-26-39(47-7)24-32(43(34)51-15-11-3)18-30(41)22-37(21-29)45-5/h21-28H,9-20H2,1-4H3. The maximum Gasteiger partial charge on any atom is 0.188 e. The highest BCUT2D eigenvalue weighted by Gasteiger charge is 2.24. The Bertz CT molecular complexity index is 1710. The maximum absolute atomic E-state index is 8.04. The van der Waals surface area contributed by atoms with E-state index in [9.17, 15) is 0 Å². The van der Waals surface area contributed by atoms with Gasteiger partial charge in [-0.25, -0.2) is 19.4 Å². The van der Waals surface area contributed by atoms with Gasteiger partial charge in [-0.05, 0) is 119 Å². The average molecular weight is 693 g/mol. The molecule has 0 aliphatic heterocycles. The van der Waals surface area contributed by atoms with Gasteiger partial charge in [0.25, 0.3) is 0 Å². The first-order valence-electron chi connectivity index (χ1n) is 18.0. The molecule has 52 heavy (non-hydrogen) atoms. The minimum atomic E-state index is 0.365. The van der Waals surface area contributed by atoms with Crippen LogP contribution in [0.5, 0.6) is 23.0 Å². The van der Waals surface area contributed by atoms with Crippen LogP contribution in [0.1, 0.15) is 97.9 Å². The molecule has 4 aromatic carbocycles. The summed E-state index contributed by atoms with van der Waals surface area (Å²) in [5.41, 5.74) is 8.46. The highest BCUT2D eigenvalue weighted by atomic mass is 16.5. The summed E-state index contributed by atoms with van der Waals surface area (Å²) in [5.74, 6) is 2.76. The molecule has 0 heterocycles. The number of benzene rings is 4. The Hall–Kier alpha value is -5.96. The summed E-state index contributed by atoms with van der Waals surface area (Å²) in [5, 5.41) is 0. The smallest absolute Gasteiger partial charge is 0.188 e. The molecule has 0 aromatic heterocycles. The van der Waals surface area contributed by atoms with Gasteiger partial charge >= 0.3 is 0 Å². The topological polar surface area (TPSA) is 54.4 Å². The summed E-state index contributed by atoms with van der Waals surface area (Å²) in [4.78, 5) is 15.4. The van der Waals surface area contributed by atoms with Crippen LogP contribution in [0.15, 0.2) is 48.5 Å². The lowest BCUT2D eigenvalue weighted by molar-refractivity contribution is 0.305. The molecule has 5 rings (SSSR count). The van der Waals surface area contributed by atoms with Gasteiger partial charge in [0.15, 0.2) is 22.7 Å². The summed E-state index contributed by atoms with van der Waals surface area (Å²) >= 11 is 0. The Labute approximate surface area is 308 Å². The quantitative estimate of drug-likeness (QED) is 0.122. The Balaban J connectivity index is 1.91. The van der Waals surface area contributed by atoms with E-state index in [1.807, 2.05) is 48.5 Å². The van der Waals surface area contributed by atoms with Crippen LogP contribution in [0, 0.1) is 26.3 Å². The third kappa shape index (κ3) is 8.49. The summed E-state index contributed by atoms with van der Waals surface area (Å²) in [6.07, 6.45) is 4.63. The van der Waals surface area contributed by atoms with E-state index in [0.29, 0.717) is 97.9 Å². The molecule has 8 heteroatoms. The van der Waals surface area contributed by atoms with Crippen molar-refractivity contribution in [2.45, 2.75) is 79.1 Å². The second kappa shape index (κ2) is 17.8. The van der Waals surface area contributed by atoms with Crippen molar-refractivity contribution < 1.29 is 18.9 Å². The zero-order valence-electron chi connectivity index (χ0n) is 30.5. The van der Waals surface area contributed by atoms with Crippen LogP contribution in [-0.4, -0.2) is 26.4 Å². The monoisotopic (exact) mass is 692 g/mol. The first kappa shape index (κ1) is 37.3. The number of hydrogen-bond donors (Lipinski definition) is 0. The van der Waals surface area contributed by atoms with E-state index >= 15 is 0 Å². The molecule has 0 saturated carbocycles. The zero-order valence-corrected chi connectivity index (χ0v) is 30.5. The van der Waals surface area contributed by atoms with Crippen LogP contribution in [0.2, 0.25) is 0 Å². The Morgan fingerprint density at radius 3 is 0.673 bits per heavy atom. The van der Waals surface area contributed by atoms with Crippen molar-refractivity contribution in [1.29, 1.82) is 0 Å². The predicted molar refractivity (Wildman–Crippen MR) is 205 cm³/mol. The van der Waals surface area contributed by atoms with Gasteiger partial charge in [0.2, 0.25) is 0 Å². The molecular formula is C44H44N4O4. The van der Waals surface area contributed by atoms with Crippen molar-refractivity contribution in [3.05, 3.63) is 139 Å². The van der Waals surface area contributed by atoms with Gasteiger partial charge in [-0.15, -0.1) is 0 Å². The van der Waals surface area contributed by atoms with E-state index in [4.69, 9.17) is 45.2 Å². The first-order valence-corrected chi connectivity index (χ1v) is 18.0. The molecule has 1 aliphatic rings. The molecule has 0 spiro atoms. The van der Waals surface area contributed by atoms with Gasteiger partial charge in [-0.3, -0.25) is 0 Å². The third-order valence-corrected chi connectivity index (χ3v) is 8.75. The lowest BCUT2D eigenvalue weighted by Crippen LogP contribution is -2.10. The highest BCUT2D eigenvalue weighted by molar-refractivity contribution is 5.67. The second-order valence-electron chi connectivity index (χ2n) is 12.9. The Kier molecular flexibility index (Phi) is 12.8. The van der Waals surface area contributed by atoms with Crippen LogP contribution < -0.4 is 18.9 Å². The molecule has 0 radical (unpaired) electrons. The summed E-state index contributed by atoms with van der Waals surface area (Å²) < 4.78 is 26.1. The second-order valence-corrected chi connectivity index (χ2v) is 12.9. The number of fused-ring (bicyclic) bond motifs is 8. The molecule has 0 amide bonds. The molecule has 0 N–H and O–H groups in total. The minimum Gasteiger partial charge on any atom is -0.493 e. The lowest BCUT2D eigenvalue weighted by atomic mass is 9.90. The summed E-state index contributed by atoms with van der Waals surface area (Å²) in [6.45, 7) is 42.3. The molecule has 0 atom stereocenters. The first-order chi connectivity index (χ1) is 25.4. The van der Waals surface area contributed by atoms with E-state index in [2.05, 4.69) is 47.1 Å². The zero-order chi connectivity index (χ0) is 37.0. The van der Waals surface area contributed by atoms with Gasteiger partial charge < -0.3 is 18.9 Å². The Morgan fingerprint density at radius 1 is 0.365 bits per heavy atom. The highest BCUT2D eigenvalue weighted by Crippen LogP contribution is 2.43. The van der Waals surface area contributed by atoms with Crippen molar-refractivity contribution >= 4 is 22.7 Å². The fraction of sp³-hybridized carbons (Fsp3) is 0.364. The van der Waals surface area contributed by atoms with Crippen LogP contribution in [0.25, 0.3) is 19.4 Å².